The molecule has 28 heavy (non-hydrogen) atoms. The molecule has 0 unspecified atom stereocenters. The second-order valence-electron chi connectivity index (χ2n) is 6.19. The lowest BCUT2D eigenvalue weighted by atomic mass is 10.1. The standard InChI is InChI=1S/C22H22N2O3S/c1-2-27-22(26)17-10-12-18(13-11-17)24-20(25)15-23-21(19-9-6-14-28-19)16-7-4-3-5-8-16/h3-14,21,23H,2,15H2,1H3,(H,24,25)/p+1/t21-/m1/s1. The first-order valence-electron chi connectivity index (χ1n) is 9.16. The molecule has 3 N–H and O–H groups in total. The van der Waals surface area contributed by atoms with E-state index >= 15 is 0 Å². The third-order valence-corrected chi connectivity index (χ3v) is 5.18. The Morgan fingerprint density at radius 3 is 2.43 bits per heavy atom. The molecule has 0 radical (unpaired) electrons. The van der Waals surface area contributed by atoms with Crippen LogP contribution in [0.25, 0.3) is 0 Å². The molecule has 1 heterocycles. The number of esters is 1. The Morgan fingerprint density at radius 2 is 1.79 bits per heavy atom. The first-order valence-corrected chi connectivity index (χ1v) is 10.0. The Kier molecular flexibility index (Phi) is 6.94. The van der Waals surface area contributed by atoms with Crippen LogP contribution in [0.2, 0.25) is 0 Å². The van der Waals surface area contributed by atoms with Gasteiger partial charge in [-0.1, -0.05) is 36.4 Å². The maximum atomic E-state index is 12.4. The van der Waals surface area contributed by atoms with E-state index in [2.05, 4.69) is 23.5 Å². The summed E-state index contributed by atoms with van der Waals surface area (Å²) in [6, 6.07) is 21.1. The van der Waals surface area contributed by atoms with Crippen molar-refractivity contribution in [2.45, 2.75) is 13.0 Å². The van der Waals surface area contributed by atoms with Crippen molar-refractivity contribution in [2.75, 3.05) is 18.5 Å². The molecule has 0 aliphatic rings. The van der Waals surface area contributed by atoms with Crippen LogP contribution in [-0.2, 0) is 9.53 Å². The van der Waals surface area contributed by atoms with Gasteiger partial charge in [0, 0.05) is 11.3 Å². The predicted molar refractivity (Wildman–Crippen MR) is 110 cm³/mol. The van der Waals surface area contributed by atoms with Gasteiger partial charge in [0.15, 0.2) is 6.54 Å². The minimum absolute atomic E-state index is 0.0816. The molecule has 0 fully saturated rings. The summed E-state index contributed by atoms with van der Waals surface area (Å²) in [5, 5.41) is 6.95. The van der Waals surface area contributed by atoms with Crippen molar-refractivity contribution in [3.05, 3.63) is 88.1 Å². The van der Waals surface area contributed by atoms with Crippen molar-refractivity contribution in [3.63, 3.8) is 0 Å². The van der Waals surface area contributed by atoms with Crippen molar-refractivity contribution in [3.8, 4) is 0 Å². The number of rotatable bonds is 8. The Labute approximate surface area is 168 Å². The number of hydrogen-bond acceptors (Lipinski definition) is 4. The summed E-state index contributed by atoms with van der Waals surface area (Å²) in [5.41, 5.74) is 2.28. The molecule has 0 bridgehead atoms. The maximum Gasteiger partial charge on any atom is 0.338 e. The average Bonchev–Trinajstić information content (AvgIpc) is 3.24. The van der Waals surface area contributed by atoms with Gasteiger partial charge in [-0.05, 0) is 42.6 Å². The van der Waals surface area contributed by atoms with E-state index in [9.17, 15) is 9.59 Å². The third-order valence-electron chi connectivity index (χ3n) is 4.23. The van der Waals surface area contributed by atoms with Crippen molar-refractivity contribution in [1.29, 1.82) is 0 Å². The average molecular weight is 396 g/mol. The molecule has 0 aliphatic heterocycles. The van der Waals surface area contributed by atoms with Crippen LogP contribution in [0.15, 0.2) is 72.1 Å². The normalized spacial score (nSPS) is 11.6. The van der Waals surface area contributed by atoms with Gasteiger partial charge in [-0.15, -0.1) is 11.3 Å². The molecule has 6 heteroatoms. The lowest BCUT2D eigenvalue weighted by Crippen LogP contribution is -2.87. The highest BCUT2D eigenvalue weighted by molar-refractivity contribution is 7.10. The van der Waals surface area contributed by atoms with Crippen LogP contribution in [0.3, 0.4) is 0 Å². The highest BCUT2D eigenvalue weighted by Gasteiger charge is 2.19. The first kappa shape index (κ1) is 19.8. The molecule has 0 spiro atoms. The van der Waals surface area contributed by atoms with Gasteiger partial charge in [0.05, 0.1) is 17.0 Å². The molecule has 144 valence electrons. The van der Waals surface area contributed by atoms with Gasteiger partial charge in [-0.2, -0.15) is 0 Å². The number of benzene rings is 2. The third kappa shape index (κ3) is 5.28. The topological polar surface area (TPSA) is 72.0 Å². The summed E-state index contributed by atoms with van der Waals surface area (Å²) < 4.78 is 4.96. The van der Waals surface area contributed by atoms with E-state index in [0.717, 1.165) is 5.56 Å². The van der Waals surface area contributed by atoms with Gasteiger partial charge >= 0.3 is 5.97 Å². The number of hydrogen-bond donors (Lipinski definition) is 2. The predicted octanol–water partition coefficient (Wildman–Crippen LogP) is 3.22. The van der Waals surface area contributed by atoms with Crippen molar-refractivity contribution < 1.29 is 19.6 Å². The van der Waals surface area contributed by atoms with Crippen LogP contribution < -0.4 is 10.6 Å². The summed E-state index contributed by atoms with van der Waals surface area (Å²) in [4.78, 5) is 25.3. The molecule has 2 aromatic carbocycles. The van der Waals surface area contributed by atoms with Gasteiger partial charge in [0.2, 0.25) is 0 Å². The maximum absolute atomic E-state index is 12.4. The lowest BCUT2D eigenvalue weighted by Gasteiger charge is -2.14. The molecule has 3 aromatic rings. The zero-order valence-corrected chi connectivity index (χ0v) is 16.4. The highest BCUT2D eigenvalue weighted by Crippen LogP contribution is 2.22. The van der Waals surface area contributed by atoms with Gasteiger partial charge in [0.1, 0.15) is 6.04 Å². The number of anilines is 1. The van der Waals surface area contributed by atoms with Gasteiger partial charge in [-0.25, -0.2) is 4.79 Å². The zero-order valence-electron chi connectivity index (χ0n) is 15.6. The smallest absolute Gasteiger partial charge is 0.338 e. The Balaban J connectivity index is 1.60. The fourth-order valence-electron chi connectivity index (χ4n) is 2.89. The van der Waals surface area contributed by atoms with E-state index in [0.29, 0.717) is 17.9 Å². The molecular weight excluding hydrogens is 372 g/mol. The number of carbonyl (C=O) groups is 2. The Bertz CT molecular complexity index is 893. The fraction of sp³-hybridized carbons (Fsp3) is 0.182. The molecule has 1 amide bonds. The van der Waals surface area contributed by atoms with Gasteiger partial charge < -0.3 is 15.4 Å². The van der Waals surface area contributed by atoms with E-state index < -0.39 is 0 Å². The molecule has 0 saturated carbocycles. The van der Waals surface area contributed by atoms with Crippen molar-refractivity contribution in [1.82, 2.24) is 0 Å². The first-order chi connectivity index (χ1) is 13.7. The van der Waals surface area contributed by atoms with Crippen LogP contribution in [0.1, 0.15) is 33.8 Å². The molecular formula is C22H23N2O3S+. The van der Waals surface area contributed by atoms with Gasteiger partial charge in [0.25, 0.3) is 5.91 Å². The van der Waals surface area contributed by atoms with Crippen LogP contribution in [-0.4, -0.2) is 25.0 Å². The number of quaternary nitrogens is 1. The number of carbonyl (C=O) groups excluding carboxylic acids is 2. The molecule has 3 rings (SSSR count). The summed E-state index contributed by atoms with van der Waals surface area (Å²) >= 11 is 1.68. The summed E-state index contributed by atoms with van der Waals surface area (Å²) in [5.74, 6) is -0.461. The Hall–Kier alpha value is -2.96. The minimum atomic E-state index is -0.365. The molecule has 1 atom stereocenters. The number of ether oxygens (including phenoxy) is 1. The number of amides is 1. The van der Waals surface area contributed by atoms with Crippen LogP contribution in [0.5, 0.6) is 0 Å². The largest absolute Gasteiger partial charge is 0.462 e. The summed E-state index contributed by atoms with van der Waals surface area (Å²) in [7, 11) is 0. The van der Waals surface area contributed by atoms with E-state index in [1.807, 2.05) is 35.0 Å². The number of thiophene rings is 1. The van der Waals surface area contributed by atoms with E-state index in [1.54, 1.807) is 42.5 Å². The quantitative estimate of drug-likeness (QED) is 0.575. The fourth-order valence-corrected chi connectivity index (χ4v) is 3.74. The SMILES string of the molecule is CCOC(=O)c1ccc(NC(=O)C[NH2+][C@H](c2ccccc2)c2cccs2)cc1. The second kappa shape index (κ2) is 9.82. The molecule has 5 nitrogen and oxygen atoms in total. The molecule has 1 aromatic heterocycles. The second-order valence-corrected chi connectivity index (χ2v) is 7.17. The van der Waals surface area contributed by atoms with E-state index in [1.165, 1.54) is 4.88 Å². The number of nitrogens with two attached hydrogens (primary N) is 1. The van der Waals surface area contributed by atoms with Crippen molar-refractivity contribution in [2.24, 2.45) is 0 Å². The molecule has 0 saturated heterocycles. The van der Waals surface area contributed by atoms with Crippen LogP contribution >= 0.6 is 11.3 Å². The van der Waals surface area contributed by atoms with Gasteiger partial charge in [-0.3, -0.25) is 4.79 Å². The van der Waals surface area contributed by atoms with Crippen molar-refractivity contribution >= 4 is 28.9 Å². The monoisotopic (exact) mass is 395 g/mol. The van der Waals surface area contributed by atoms with E-state index in [-0.39, 0.29) is 24.5 Å². The minimum Gasteiger partial charge on any atom is -0.462 e. The van der Waals surface area contributed by atoms with Crippen LogP contribution in [0, 0.1) is 0 Å². The zero-order chi connectivity index (χ0) is 19.8. The lowest BCUT2D eigenvalue weighted by molar-refractivity contribution is -0.675. The summed E-state index contributed by atoms with van der Waals surface area (Å²) in [6.45, 7) is 2.39. The highest BCUT2D eigenvalue weighted by atomic mass is 32.1. The Morgan fingerprint density at radius 1 is 1.04 bits per heavy atom. The molecule has 0 aliphatic carbocycles. The number of nitrogens with one attached hydrogen (secondary N) is 1. The summed E-state index contributed by atoms with van der Waals surface area (Å²) in [6.07, 6.45) is 0. The van der Waals surface area contributed by atoms with E-state index in [4.69, 9.17) is 4.74 Å². The van der Waals surface area contributed by atoms with Crippen LogP contribution in [0.4, 0.5) is 5.69 Å².